The zero-order chi connectivity index (χ0) is 15.8. The zero-order valence-electron chi connectivity index (χ0n) is 13.3. The first-order chi connectivity index (χ1) is 10.7. The molecular weight excluding hydrogens is 405 g/mol. The number of rotatable bonds is 6. The third-order valence-corrected chi connectivity index (χ3v) is 3.13. The Balaban J connectivity index is 0.00000264. The molecule has 3 N–H and O–H groups in total. The summed E-state index contributed by atoms with van der Waals surface area (Å²) >= 11 is 0. The highest BCUT2D eigenvalue weighted by molar-refractivity contribution is 14.0. The summed E-state index contributed by atoms with van der Waals surface area (Å²) < 4.78 is 10.2. The maximum Gasteiger partial charge on any atom is 0.193 e. The van der Waals surface area contributed by atoms with Gasteiger partial charge < -0.3 is 20.5 Å². The molecule has 0 amide bonds. The highest BCUT2D eigenvalue weighted by Crippen LogP contribution is 2.14. The fraction of sp³-hybridized carbons (Fsp3) is 0.235. The third kappa shape index (κ3) is 6.45. The van der Waals surface area contributed by atoms with Crippen LogP contribution >= 0.6 is 24.0 Å². The van der Waals surface area contributed by atoms with E-state index in [1.165, 1.54) is 0 Å². The standard InChI is InChI=1S/C17H21N3O2.HI/c1-21-12-14-5-3-13(4-6-14)11-19-17(18)20-15-7-9-16(22-2)10-8-15;/h3-10H,11-12H2,1-2H3,(H3,18,19,20);1H. The molecule has 2 rings (SSSR count). The quantitative estimate of drug-likeness (QED) is 0.422. The van der Waals surface area contributed by atoms with Gasteiger partial charge in [-0.1, -0.05) is 24.3 Å². The van der Waals surface area contributed by atoms with Gasteiger partial charge in [-0.05, 0) is 35.4 Å². The van der Waals surface area contributed by atoms with E-state index in [4.69, 9.17) is 15.2 Å². The molecule has 0 atom stereocenters. The molecule has 0 saturated heterocycles. The van der Waals surface area contributed by atoms with Gasteiger partial charge in [-0.3, -0.25) is 0 Å². The highest BCUT2D eigenvalue weighted by atomic mass is 127. The maximum absolute atomic E-state index is 5.89. The van der Waals surface area contributed by atoms with E-state index in [1.54, 1.807) is 14.2 Å². The minimum absolute atomic E-state index is 0. The fourth-order valence-electron chi connectivity index (χ4n) is 1.95. The van der Waals surface area contributed by atoms with Crippen molar-refractivity contribution < 1.29 is 9.47 Å². The Bertz CT molecular complexity index is 613. The largest absolute Gasteiger partial charge is 0.497 e. The van der Waals surface area contributed by atoms with Crippen LogP contribution in [0.3, 0.4) is 0 Å². The summed E-state index contributed by atoms with van der Waals surface area (Å²) in [5, 5.41) is 3.05. The Hall–Kier alpha value is -1.80. The minimum atomic E-state index is 0. The van der Waals surface area contributed by atoms with Crippen LogP contribution in [0.4, 0.5) is 5.69 Å². The summed E-state index contributed by atoms with van der Waals surface area (Å²) in [6.45, 7) is 1.15. The molecule has 0 aromatic heterocycles. The van der Waals surface area contributed by atoms with Crippen LogP contribution in [-0.2, 0) is 17.9 Å². The van der Waals surface area contributed by atoms with E-state index in [1.807, 2.05) is 48.5 Å². The first-order valence-corrected chi connectivity index (χ1v) is 6.99. The molecule has 6 heteroatoms. The normalized spacial score (nSPS) is 10.8. The molecule has 0 unspecified atom stereocenters. The van der Waals surface area contributed by atoms with Crippen molar-refractivity contribution in [1.82, 2.24) is 0 Å². The van der Waals surface area contributed by atoms with Crippen LogP contribution < -0.4 is 15.8 Å². The molecule has 0 heterocycles. The summed E-state index contributed by atoms with van der Waals surface area (Å²) in [5.74, 6) is 1.18. The number of hydrogen-bond acceptors (Lipinski definition) is 3. The third-order valence-electron chi connectivity index (χ3n) is 3.13. The second-order valence-electron chi connectivity index (χ2n) is 4.80. The highest BCUT2D eigenvalue weighted by Gasteiger charge is 1.98. The summed E-state index contributed by atoms with van der Waals surface area (Å²) in [6.07, 6.45) is 0. The van der Waals surface area contributed by atoms with Gasteiger partial charge >= 0.3 is 0 Å². The lowest BCUT2D eigenvalue weighted by Gasteiger charge is -2.07. The number of halogens is 1. The molecule has 0 aliphatic heterocycles. The van der Waals surface area contributed by atoms with E-state index < -0.39 is 0 Å². The summed E-state index contributed by atoms with van der Waals surface area (Å²) in [6, 6.07) is 15.6. The van der Waals surface area contributed by atoms with Gasteiger partial charge in [0.1, 0.15) is 5.75 Å². The lowest BCUT2D eigenvalue weighted by molar-refractivity contribution is 0.185. The van der Waals surface area contributed by atoms with Crippen molar-refractivity contribution in [1.29, 1.82) is 0 Å². The topological polar surface area (TPSA) is 68.9 Å². The molecule has 5 nitrogen and oxygen atoms in total. The van der Waals surface area contributed by atoms with Gasteiger partial charge in [0, 0.05) is 12.8 Å². The number of hydrogen-bond donors (Lipinski definition) is 2. The Morgan fingerprint density at radius 2 is 1.61 bits per heavy atom. The molecule has 2 aromatic rings. The number of nitrogens with one attached hydrogen (secondary N) is 1. The van der Waals surface area contributed by atoms with Crippen LogP contribution in [0.1, 0.15) is 11.1 Å². The van der Waals surface area contributed by atoms with Gasteiger partial charge in [-0.25, -0.2) is 4.99 Å². The molecule has 0 aliphatic rings. The van der Waals surface area contributed by atoms with Crippen LogP contribution in [0.25, 0.3) is 0 Å². The summed E-state index contributed by atoms with van der Waals surface area (Å²) in [5.41, 5.74) is 9.00. The lowest BCUT2D eigenvalue weighted by Crippen LogP contribution is -2.22. The monoisotopic (exact) mass is 427 g/mol. The SMILES string of the molecule is COCc1ccc(CN=C(N)Nc2ccc(OC)cc2)cc1.I. The Morgan fingerprint density at radius 3 is 2.17 bits per heavy atom. The van der Waals surface area contributed by atoms with Gasteiger partial charge in [0.15, 0.2) is 5.96 Å². The molecule has 124 valence electrons. The predicted octanol–water partition coefficient (Wildman–Crippen LogP) is 3.39. The zero-order valence-corrected chi connectivity index (χ0v) is 15.6. The Kier molecular flexibility index (Phi) is 8.42. The molecule has 0 bridgehead atoms. The molecule has 0 saturated carbocycles. The van der Waals surface area contributed by atoms with E-state index in [9.17, 15) is 0 Å². The van der Waals surface area contributed by atoms with Gasteiger partial charge in [0.2, 0.25) is 0 Å². The van der Waals surface area contributed by atoms with Crippen molar-refractivity contribution in [2.24, 2.45) is 10.7 Å². The van der Waals surface area contributed by atoms with Crippen molar-refractivity contribution in [3.63, 3.8) is 0 Å². The second-order valence-corrected chi connectivity index (χ2v) is 4.80. The number of nitrogens with two attached hydrogens (primary N) is 1. The maximum atomic E-state index is 5.89. The first-order valence-electron chi connectivity index (χ1n) is 6.99. The number of guanidine groups is 1. The van der Waals surface area contributed by atoms with Gasteiger partial charge in [0.05, 0.1) is 20.3 Å². The van der Waals surface area contributed by atoms with Gasteiger partial charge in [-0.15, -0.1) is 24.0 Å². The molecule has 0 fully saturated rings. The summed E-state index contributed by atoms with van der Waals surface area (Å²) in [4.78, 5) is 4.33. The van der Waals surface area contributed by atoms with Crippen LogP contribution in [0, 0.1) is 0 Å². The molecule has 0 spiro atoms. The summed E-state index contributed by atoms with van der Waals surface area (Å²) in [7, 11) is 3.32. The second kappa shape index (κ2) is 10.1. The minimum Gasteiger partial charge on any atom is -0.497 e. The predicted molar refractivity (Wildman–Crippen MR) is 105 cm³/mol. The number of benzene rings is 2. The number of nitrogens with zero attached hydrogens (tertiary/aromatic N) is 1. The van der Waals surface area contributed by atoms with Crippen molar-refractivity contribution in [3.8, 4) is 5.75 Å². The molecule has 2 aromatic carbocycles. The molecular formula is C17H22IN3O2. The smallest absolute Gasteiger partial charge is 0.193 e. The lowest BCUT2D eigenvalue weighted by atomic mass is 10.1. The van der Waals surface area contributed by atoms with Crippen molar-refractivity contribution in [2.75, 3.05) is 19.5 Å². The number of aliphatic imine (C=N–C) groups is 1. The fourth-order valence-corrected chi connectivity index (χ4v) is 1.95. The number of methoxy groups -OCH3 is 2. The van der Waals surface area contributed by atoms with Gasteiger partial charge in [-0.2, -0.15) is 0 Å². The van der Waals surface area contributed by atoms with Crippen LogP contribution in [0.15, 0.2) is 53.5 Å². The average Bonchev–Trinajstić information content (AvgIpc) is 2.55. The van der Waals surface area contributed by atoms with Crippen molar-refractivity contribution in [2.45, 2.75) is 13.2 Å². The number of ether oxygens (including phenoxy) is 2. The van der Waals surface area contributed by atoms with E-state index in [0.717, 1.165) is 22.6 Å². The van der Waals surface area contributed by atoms with Crippen LogP contribution in [-0.4, -0.2) is 20.2 Å². The first kappa shape index (κ1) is 19.2. The van der Waals surface area contributed by atoms with Crippen LogP contribution in [0.5, 0.6) is 5.75 Å². The Morgan fingerprint density at radius 1 is 1.00 bits per heavy atom. The van der Waals surface area contributed by atoms with E-state index >= 15 is 0 Å². The van der Waals surface area contributed by atoms with E-state index in [0.29, 0.717) is 19.1 Å². The molecule has 0 aliphatic carbocycles. The number of anilines is 1. The van der Waals surface area contributed by atoms with Crippen LogP contribution in [0.2, 0.25) is 0 Å². The van der Waals surface area contributed by atoms with Crippen molar-refractivity contribution >= 4 is 35.6 Å². The van der Waals surface area contributed by atoms with Gasteiger partial charge in [0.25, 0.3) is 0 Å². The molecule has 0 radical (unpaired) electrons. The van der Waals surface area contributed by atoms with E-state index in [-0.39, 0.29) is 24.0 Å². The van der Waals surface area contributed by atoms with E-state index in [2.05, 4.69) is 10.3 Å². The van der Waals surface area contributed by atoms with Crippen molar-refractivity contribution in [3.05, 3.63) is 59.7 Å². The average molecular weight is 427 g/mol. The molecule has 23 heavy (non-hydrogen) atoms. The Labute approximate surface area is 153 Å².